The Kier molecular flexibility index (Phi) is 5.15. The Morgan fingerprint density at radius 3 is 2.65 bits per heavy atom. The average molecular weight is 299 g/mol. The number of benzene rings is 1. The smallest absolute Gasteiger partial charge is 0.214 e. The summed E-state index contributed by atoms with van der Waals surface area (Å²) in [5.74, 6) is 0.0852. The highest BCUT2D eigenvalue weighted by atomic mass is 32.2. The lowest BCUT2D eigenvalue weighted by Crippen LogP contribution is -2.50. The largest absolute Gasteiger partial charge is 0.394 e. The van der Waals surface area contributed by atoms with E-state index in [0.717, 1.165) is 5.56 Å². The summed E-state index contributed by atoms with van der Waals surface area (Å²) in [4.78, 5) is 0. The van der Waals surface area contributed by atoms with E-state index in [-0.39, 0.29) is 25.0 Å². The fourth-order valence-corrected chi connectivity index (χ4v) is 3.93. The summed E-state index contributed by atoms with van der Waals surface area (Å²) in [5, 5.41) is 9.15. The summed E-state index contributed by atoms with van der Waals surface area (Å²) >= 11 is 0. The Hall–Kier alpha value is -0.950. The zero-order valence-corrected chi connectivity index (χ0v) is 12.4. The molecule has 0 aromatic heterocycles. The highest BCUT2D eigenvalue weighted by Gasteiger charge is 2.32. The Balaban J connectivity index is 1.99. The van der Waals surface area contributed by atoms with Gasteiger partial charge in [-0.2, -0.15) is 4.31 Å². The summed E-state index contributed by atoms with van der Waals surface area (Å²) in [5.41, 5.74) is 1.01. The van der Waals surface area contributed by atoms with E-state index in [1.807, 2.05) is 37.3 Å². The van der Waals surface area contributed by atoms with Crippen molar-refractivity contribution in [1.82, 2.24) is 4.31 Å². The maximum atomic E-state index is 12.4. The molecule has 1 aromatic carbocycles. The van der Waals surface area contributed by atoms with Crippen LogP contribution < -0.4 is 0 Å². The van der Waals surface area contributed by atoms with Gasteiger partial charge in [-0.25, -0.2) is 8.42 Å². The zero-order chi connectivity index (χ0) is 14.6. The lowest BCUT2D eigenvalue weighted by molar-refractivity contribution is -0.0750. The number of morpholine rings is 1. The first-order valence-corrected chi connectivity index (χ1v) is 8.40. The van der Waals surface area contributed by atoms with E-state index in [0.29, 0.717) is 13.0 Å². The number of hydrogen-bond donors (Lipinski definition) is 1. The molecule has 5 nitrogen and oxygen atoms in total. The van der Waals surface area contributed by atoms with Crippen molar-refractivity contribution in [3.63, 3.8) is 0 Å². The van der Waals surface area contributed by atoms with Crippen LogP contribution in [0.5, 0.6) is 0 Å². The van der Waals surface area contributed by atoms with Crippen molar-refractivity contribution in [3.8, 4) is 0 Å². The number of sulfonamides is 1. The molecule has 2 rings (SSSR count). The zero-order valence-electron chi connectivity index (χ0n) is 11.6. The van der Waals surface area contributed by atoms with Crippen LogP contribution in [0.4, 0.5) is 0 Å². The SMILES string of the molecule is CC1CN(S(=O)(=O)CCc2ccccc2)CC(CO)O1. The van der Waals surface area contributed by atoms with Crippen LogP contribution in [0.3, 0.4) is 0 Å². The lowest BCUT2D eigenvalue weighted by atomic mass is 10.2. The molecule has 0 saturated carbocycles. The molecule has 1 N–H and O–H groups in total. The van der Waals surface area contributed by atoms with Gasteiger partial charge in [-0.15, -0.1) is 0 Å². The third kappa shape index (κ3) is 4.02. The van der Waals surface area contributed by atoms with Crippen molar-refractivity contribution in [1.29, 1.82) is 0 Å². The van der Waals surface area contributed by atoms with Crippen LogP contribution in [0.2, 0.25) is 0 Å². The molecule has 0 amide bonds. The molecule has 1 aromatic rings. The fourth-order valence-electron chi connectivity index (χ4n) is 2.35. The Morgan fingerprint density at radius 2 is 2.00 bits per heavy atom. The molecule has 1 saturated heterocycles. The van der Waals surface area contributed by atoms with Crippen molar-refractivity contribution in [3.05, 3.63) is 35.9 Å². The van der Waals surface area contributed by atoms with Crippen molar-refractivity contribution in [2.75, 3.05) is 25.4 Å². The first-order chi connectivity index (χ1) is 9.51. The van der Waals surface area contributed by atoms with E-state index in [1.54, 1.807) is 0 Å². The molecule has 0 aliphatic carbocycles. The molecule has 1 heterocycles. The number of aliphatic hydroxyl groups is 1. The minimum absolute atomic E-state index is 0.0852. The second-order valence-corrected chi connectivity index (χ2v) is 7.21. The molecule has 0 bridgehead atoms. The van der Waals surface area contributed by atoms with Crippen LogP contribution in [0.25, 0.3) is 0 Å². The highest BCUT2D eigenvalue weighted by Crippen LogP contribution is 2.16. The molecule has 6 heteroatoms. The lowest BCUT2D eigenvalue weighted by Gasteiger charge is -2.35. The van der Waals surface area contributed by atoms with Gasteiger partial charge in [-0.05, 0) is 18.9 Å². The van der Waals surface area contributed by atoms with Crippen molar-refractivity contribution in [2.24, 2.45) is 0 Å². The monoisotopic (exact) mass is 299 g/mol. The van der Waals surface area contributed by atoms with Crippen molar-refractivity contribution in [2.45, 2.75) is 25.6 Å². The molecule has 1 aliphatic rings. The van der Waals surface area contributed by atoms with Gasteiger partial charge in [0.05, 0.1) is 24.6 Å². The maximum absolute atomic E-state index is 12.4. The quantitative estimate of drug-likeness (QED) is 0.866. The predicted molar refractivity (Wildman–Crippen MR) is 76.9 cm³/mol. The second kappa shape index (κ2) is 6.67. The van der Waals surface area contributed by atoms with Gasteiger partial charge in [-0.3, -0.25) is 0 Å². The van der Waals surface area contributed by atoms with Gasteiger partial charge in [0.2, 0.25) is 10.0 Å². The van der Waals surface area contributed by atoms with E-state index in [1.165, 1.54) is 4.31 Å². The average Bonchev–Trinajstić information content (AvgIpc) is 2.45. The molecule has 20 heavy (non-hydrogen) atoms. The van der Waals surface area contributed by atoms with E-state index < -0.39 is 16.1 Å². The fraction of sp³-hybridized carbons (Fsp3) is 0.571. The summed E-state index contributed by atoms with van der Waals surface area (Å²) < 4.78 is 31.6. The number of hydrogen-bond acceptors (Lipinski definition) is 4. The van der Waals surface area contributed by atoms with Crippen molar-refractivity contribution >= 4 is 10.0 Å². The van der Waals surface area contributed by atoms with E-state index in [9.17, 15) is 8.42 Å². The standard InChI is InChI=1S/C14H21NO4S/c1-12-9-15(10-14(11-16)19-12)20(17,18)8-7-13-5-3-2-4-6-13/h2-6,12,14,16H,7-11H2,1H3. The summed E-state index contributed by atoms with van der Waals surface area (Å²) in [6.07, 6.45) is -0.115. The van der Waals surface area contributed by atoms with E-state index in [4.69, 9.17) is 9.84 Å². The molecular weight excluding hydrogens is 278 g/mol. The topological polar surface area (TPSA) is 66.8 Å². The number of rotatable bonds is 5. The molecule has 112 valence electrons. The van der Waals surface area contributed by atoms with E-state index >= 15 is 0 Å². The molecule has 1 fully saturated rings. The van der Waals surface area contributed by atoms with Crippen LogP contribution in [-0.4, -0.2) is 55.5 Å². The van der Waals surface area contributed by atoms with Gasteiger partial charge in [0.1, 0.15) is 0 Å². The van der Waals surface area contributed by atoms with Gasteiger partial charge >= 0.3 is 0 Å². The Bertz CT molecular complexity index is 517. The first kappa shape index (κ1) is 15.4. The highest BCUT2D eigenvalue weighted by molar-refractivity contribution is 7.89. The number of aryl methyl sites for hydroxylation is 1. The van der Waals surface area contributed by atoms with Crippen LogP contribution in [0, 0.1) is 0 Å². The van der Waals surface area contributed by atoms with Gasteiger partial charge in [0, 0.05) is 13.1 Å². The van der Waals surface area contributed by atoms with Gasteiger partial charge in [0.25, 0.3) is 0 Å². The Morgan fingerprint density at radius 1 is 1.30 bits per heavy atom. The third-order valence-electron chi connectivity index (χ3n) is 3.38. The van der Waals surface area contributed by atoms with Gasteiger partial charge in [-0.1, -0.05) is 30.3 Å². The summed E-state index contributed by atoms with van der Waals surface area (Å²) in [7, 11) is -3.32. The predicted octanol–water partition coefficient (Wildman–Crippen LogP) is 0.640. The summed E-state index contributed by atoms with van der Waals surface area (Å²) in [6.45, 7) is 2.25. The minimum Gasteiger partial charge on any atom is -0.394 e. The molecule has 2 atom stereocenters. The van der Waals surface area contributed by atoms with Crippen molar-refractivity contribution < 1.29 is 18.3 Å². The van der Waals surface area contributed by atoms with Gasteiger partial charge in [0.15, 0.2) is 0 Å². The van der Waals surface area contributed by atoms with Crippen LogP contribution in [0.15, 0.2) is 30.3 Å². The van der Waals surface area contributed by atoms with Gasteiger partial charge < -0.3 is 9.84 Å². The molecule has 2 unspecified atom stereocenters. The van der Waals surface area contributed by atoms with E-state index in [2.05, 4.69) is 0 Å². The number of aliphatic hydroxyl groups excluding tert-OH is 1. The number of ether oxygens (including phenoxy) is 1. The summed E-state index contributed by atoms with van der Waals surface area (Å²) in [6, 6.07) is 9.57. The van der Waals surface area contributed by atoms with Crippen LogP contribution in [0.1, 0.15) is 12.5 Å². The first-order valence-electron chi connectivity index (χ1n) is 6.79. The normalized spacial score (nSPS) is 24.7. The van der Waals surface area contributed by atoms with Crippen LogP contribution in [-0.2, 0) is 21.2 Å². The second-order valence-electron chi connectivity index (χ2n) is 5.12. The van der Waals surface area contributed by atoms with Crippen LogP contribution >= 0.6 is 0 Å². The Labute approximate surface area is 120 Å². The molecular formula is C14H21NO4S. The molecule has 0 radical (unpaired) electrons. The number of nitrogens with zero attached hydrogens (tertiary/aromatic N) is 1. The minimum atomic E-state index is -3.32. The maximum Gasteiger partial charge on any atom is 0.214 e. The molecule has 1 aliphatic heterocycles. The third-order valence-corrected chi connectivity index (χ3v) is 5.19. The molecule has 0 spiro atoms.